The van der Waals surface area contributed by atoms with Crippen LogP contribution >= 0.6 is 0 Å². The fourth-order valence-electron chi connectivity index (χ4n) is 1.18. The molecule has 1 amide bonds. The van der Waals surface area contributed by atoms with Crippen molar-refractivity contribution in [2.24, 2.45) is 7.05 Å². The Morgan fingerprint density at radius 3 is 2.35 bits per heavy atom. The number of nitrogen functional groups attached to an aromatic ring is 1. The topological polar surface area (TPSA) is 93.2 Å². The van der Waals surface area contributed by atoms with Gasteiger partial charge in [0.1, 0.15) is 0 Å². The average molecular weight is 240 g/mol. The fourth-order valence-corrected chi connectivity index (χ4v) is 1.18. The molecule has 1 rings (SSSR count). The molecule has 4 N–H and O–H groups in total. The van der Waals surface area contributed by atoms with Crippen LogP contribution in [-0.4, -0.2) is 31.9 Å². The number of aromatic nitrogens is 2. The van der Waals surface area contributed by atoms with Gasteiger partial charge in [-0.2, -0.15) is 5.10 Å². The van der Waals surface area contributed by atoms with Gasteiger partial charge in [-0.15, -0.1) is 0 Å². The van der Waals surface area contributed by atoms with Crippen LogP contribution in [-0.2, 0) is 7.05 Å². The number of anilines is 1. The van der Waals surface area contributed by atoms with Crippen LogP contribution in [0, 0.1) is 0 Å². The standard InChI is InChI=1S/C11H20N4O2/c1-10(2,11(3,4)17)13-9(16)8-7(12)6-15(5)14-8/h6,17H,12H2,1-5H3,(H,13,16). The van der Waals surface area contributed by atoms with Crippen molar-refractivity contribution in [3.05, 3.63) is 11.9 Å². The molecule has 0 aliphatic heterocycles. The van der Waals surface area contributed by atoms with Crippen LogP contribution in [0.4, 0.5) is 5.69 Å². The van der Waals surface area contributed by atoms with E-state index in [-0.39, 0.29) is 5.69 Å². The van der Waals surface area contributed by atoms with E-state index in [1.807, 2.05) is 0 Å². The summed E-state index contributed by atoms with van der Waals surface area (Å²) in [7, 11) is 1.69. The molecule has 0 unspecified atom stereocenters. The summed E-state index contributed by atoms with van der Waals surface area (Å²) in [5.74, 6) is -0.393. The summed E-state index contributed by atoms with van der Waals surface area (Å²) in [4.78, 5) is 12.0. The second-order valence-electron chi connectivity index (χ2n) is 5.24. The predicted molar refractivity (Wildman–Crippen MR) is 65.5 cm³/mol. The third-order valence-corrected chi connectivity index (χ3v) is 3.03. The summed E-state index contributed by atoms with van der Waals surface area (Å²) in [6, 6.07) is 0. The number of hydrogen-bond donors (Lipinski definition) is 3. The molecule has 6 nitrogen and oxygen atoms in total. The summed E-state index contributed by atoms with van der Waals surface area (Å²) in [6.07, 6.45) is 1.56. The third-order valence-electron chi connectivity index (χ3n) is 3.03. The molecular weight excluding hydrogens is 220 g/mol. The first-order chi connectivity index (χ1) is 7.54. The monoisotopic (exact) mass is 240 g/mol. The van der Waals surface area contributed by atoms with Crippen molar-refractivity contribution in [2.45, 2.75) is 38.8 Å². The summed E-state index contributed by atoms with van der Waals surface area (Å²) in [5, 5.41) is 16.6. The van der Waals surface area contributed by atoms with Gasteiger partial charge in [-0.05, 0) is 27.7 Å². The number of nitrogens with two attached hydrogens (primary N) is 1. The quantitative estimate of drug-likeness (QED) is 0.707. The van der Waals surface area contributed by atoms with E-state index >= 15 is 0 Å². The number of carbonyl (C=O) groups is 1. The Morgan fingerprint density at radius 1 is 1.47 bits per heavy atom. The highest BCUT2D eigenvalue weighted by Gasteiger charge is 2.37. The van der Waals surface area contributed by atoms with E-state index in [4.69, 9.17) is 5.73 Å². The van der Waals surface area contributed by atoms with Crippen molar-refractivity contribution < 1.29 is 9.90 Å². The van der Waals surface area contributed by atoms with E-state index in [2.05, 4.69) is 10.4 Å². The molecule has 0 saturated carbocycles. The number of nitrogens with one attached hydrogen (secondary N) is 1. The summed E-state index contributed by atoms with van der Waals surface area (Å²) >= 11 is 0. The normalized spacial score (nSPS) is 12.6. The number of hydrogen-bond acceptors (Lipinski definition) is 4. The molecule has 0 aromatic carbocycles. The lowest BCUT2D eigenvalue weighted by Crippen LogP contribution is -2.57. The van der Waals surface area contributed by atoms with Gasteiger partial charge in [0.2, 0.25) is 0 Å². The minimum absolute atomic E-state index is 0.171. The van der Waals surface area contributed by atoms with Crippen molar-refractivity contribution in [3.63, 3.8) is 0 Å². The second kappa shape index (κ2) is 4.03. The van der Waals surface area contributed by atoms with Gasteiger partial charge in [0.15, 0.2) is 5.69 Å². The van der Waals surface area contributed by atoms with Gasteiger partial charge in [-0.3, -0.25) is 9.48 Å². The van der Waals surface area contributed by atoms with Crippen molar-refractivity contribution in [2.75, 3.05) is 5.73 Å². The Bertz CT molecular complexity index is 429. The number of aryl methyl sites for hydroxylation is 1. The zero-order valence-corrected chi connectivity index (χ0v) is 10.9. The number of carbonyl (C=O) groups excluding carboxylic acids is 1. The maximum absolute atomic E-state index is 12.0. The first-order valence-electron chi connectivity index (χ1n) is 5.38. The molecule has 0 aliphatic rings. The van der Waals surface area contributed by atoms with E-state index in [1.54, 1.807) is 40.9 Å². The van der Waals surface area contributed by atoms with Gasteiger partial charge in [-0.1, -0.05) is 0 Å². The number of nitrogens with zero attached hydrogens (tertiary/aromatic N) is 2. The minimum atomic E-state index is -1.05. The summed E-state index contributed by atoms with van der Waals surface area (Å²) in [6.45, 7) is 6.75. The second-order valence-corrected chi connectivity index (χ2v) is 5.24. The van der Waals surface area contributed by atoms with Crippen LogP contribution in [0.3, 0.4) is 0 Å². The summed E-state index contributed by atoms with van der Waals surface area (Å²) < 4.78 is 1.47. The Balaban J connectivity index is 2.91. The molecule has 0 fully saturated rings. The van der Waals surface area contributed by atoms with E-state index in [1.165, 1.54) is 4.68 Å². The molecule has 0 atom stereocenters. The maximum atomic E-state index is 12.0. The van der Waals surface area contributed by atoms with Gasteiger partial charge in [-0.25, -0.2) is 0 Å². The lowest BCUT2D eigenvalue weighted by Gasteiger charge is -2.37. The number of amides is 1. The van der Waals surface area contributed by atoms with E-state index in [0.717, 1.165) is 0 Å². The molecule has 6 heteroatoms. The Morgan fingerprint density at radius 2 is 2.00 bits per heavy atom. The summed E-state index contributed by atoms with van der Waals surface area (Å²) in [5.41, 5.74) is 4.32. The van der Waals surface area contributed by atoms with Crippen LogP contribution in [0.25, 0.3) is 0 Å². The van der Waals surface area contributed by atoms with Crippen molar-refractivity contribution >= 4 is 11.6 Å². The molecule has 1 aromatic rings. The molecule has 96 valence electrons. The van der Waals surface area contributed by atoms with Gasteiger partial charge in [0.05, 0.1) is 16.8 Å². The number of aliphatic hydroxyl groups is 1. The Kier molecular flexibility index (Phi) is 3.20. The molecule has 1 heterocycles. The van der Waals surface area contributed by atoms with E-state index in [9.17, 15) is 9.90 Å². The highest BCUT2D eigenvalue weighted by molar-refractivity contribution is 5.97. The molecule has 0 aliphatic carbocycles. The molecule has 0 bridgehead atoms. The fraction of sp³-hybridized carbons (Fsp3) is 0.636. The SMILES string of the molecule is Cn1cc(N)c(C(=O)NC(C)(C)C(C)(C)O)n1. The molecule has 1 aromatic heterocycles. The van der Waals surface area contributed by atoms with Gasteiger partial charge < -0.3 is 16.2 Å². The zero-order chi connectivity index (χ0) is 13.4. The lowest BCUT2D eigenvalue weighted by molar-refractivity contribution is -0.00301. The highest BCUT2D eigenvalue weighted by atomic mass is 16.3. The van der Waals surface area contributed by atoms with Crippen molar-refractivity contribution in [3.8, 4) is 0 Å². The number of rotatable bonds is 3. The van der Waals surface area contributed by atoms with Crippen LogP contribution in [0.5, 0.6) is 0 Å². The van der Waals surface area contributed by atoms with Crippen LogP contribution in [0.2, 0.25) is 0 Å². The van der Waals surface area contributed by atoms with Crippen LogP contribution < -0.4 is 11.1 Å². The largest absolute Gasteiger partial charge is 0.396 e. The van der Waals surface area contributed by atoms with E-state index < -0.39 is 17.0 Å². The van der Waals surface area contributed by atoms with Crippen molar-refractivity contribution in [1.29, 1.82) is 0 Å². The molecule has 0 spiro atoms. The van der Waals surface area contributed by atoms with Crippen molar-refractivity contribution in [1.82, 2.24) is 15.1 Å². The zero-order valence-electron chi connectivity index (χ0n) is 10.9. The molecule has 17 heavy (non-hydrogen) atoms. The average Bonchev–Trinajstić information content (AvgIpc) is 2.42. The maximum Gasteiger partial charge on any atom is 0.274 e. The third kappa shape index (κ3) is 2.76. The van der Waals surface area contributed by atoms with Gasteiger partial charge in [0, 0.05) is 13.2 Å². The smallest absolute Gasteiger partial charge is 0.274 e. The Labute approximate surface area is 101 Å². The predicted octanol–water partition coefficient (Wildman–Crippen LogP) is 0.282. The molecule has 0 radical (unpaired) electrons. The van der Waals surface area contributed by atoms with Crippen LogP contribution in [0.15, 0.2) is 6.20 Å². The minimum Gasteiger partial charge on any atom is -0.396 e. The van der Waals surface area contributed by atoms with E-state index in [0.29, 0.717) is 5.69 Å². The first kappa shape index (κ1) is 13.5. The van der Waals surface area contributed by atoms with Crippen LogP contribution in [0.1, 0.15) is 38.2 Å². The molecular formula is C11H20N4O2. The lowest BCUT2D eigenvalue weighted by atomic mass is 9.86. The highest BCUT2D eigenvalue weighted by Crippen LogP contribution is 2.21. The van der Waals surface area contributed by atoms with Gasteiger partial charge >= 0.3 is 0 Å². The Hall–Kier alpha value is -1.56. The van der Waals surface area contributed by atoms with Gasteiger partial charge in [0.25, 0.3) is 5.91 Å². The first-order valence-corrected chi connectivity index (χ1v) is 5.38. The molecule has 0 saturated heterocycles.